The Bertz CT molecular complexity index is 579. The van der Waals surface area contributed by atoms with Crippen molar-refractivity contribution < 1.29 is 0 Å². The molecule has 0 aromatic heterocycles. The molecule has 0 atom stereocenters. The van der Waals surface area contributed by atoms with Gasteiger partial charge in [-0.2, -0.15) is 0 Å². The Morgan fingerprint density at radius 2 is 1.62 bits per heavy atom. The molecule has 1 aliphatic rings. The summed E-state index contributed by atoms with van der Waals surface area (Å²) < 4.78 is 0. The Morgan fingerprint density at radius 1 is 0.857 bits per heavy atom. The van der Waals surface area contributed by atoms with E-state index in [0.29, 0.717) is 0 Å². The zero-order valence-electron chi connectivity index (χ0n) is 12.5. The lowest BCUT2D eigenvalue weighted by Crippen LogP contribution is -2.31. The van der Waals surface area contributed by atoms with Gasteiger partial charge in [0.2, 0.25) is 0 Å². The molecular weight excluding hydrogens is 280 g/mol. The average Bonchev–Trinajstić information content (AvgIpc) is 2.74. The van der Waals surface area contributed by atoms with Crippen LogP contribution in [-0.4, -0.2) is 48.4 Å². The van der Waals surface area contributed by atoms with E-state index in [1.807, 2.05) is 0 Å². The van der Waals surface area contributed by atoms with Crippen molar-refractivity contribution in [3.8, 4) is 0 Å². The summed E-state index contributed by atoms with van der Waals surface area (Å²) in [4.78, 5) is 5.06. The molecule has 0 saturated carbocycles. The molecule has 0 unspecified atom stereocenters. The first kappa shape index (κ1) is 14.8. The summed E-state index contributed by atoms with van der Waals surface area (Å²) in [6, 6.07) is 15.3. The van der Waals surface area contributed by atoms with Crippen LogP contribution in [0.1, 0.15) is 12.0 Å². The Labute approximate surface area is 132 Å². The van der Waals surface area contributed by atoms with Crippen LogP contribution < -0.4 is 0 Å². The Morgan fingerprint density at radius 3 is 2.52 bits per heavy atom. The first-order valence-corrected chi connectivity index (χ1v) is 8.37. The van der Waals surface area contributed by atoms with Crippen LogP contribution in [0.2, 0.25) is 0 Å². The molecule has 1 fully saturated rings. The minimum absolute atomic E-state index is 0.739. The van der Waals surface area contributed by atoms with Crippen molar-refractivity contribution in [3.63, 3.8) is 0 Å². The molecule has 1 aliphatic heterocycles. The summed E-state index contributed by atoms with van der Waals surface area (Å²) in [5, 5.41) is 2.73. The van der Waals surface area contributed by atoms with E-state index >= 15 is 0 Å². The molecule has 21 heavy (non-hydrogen) atoms. The molecule has 0 spiro atoms. The number of hydrogen-bond donors (Lipinski definition) is 0. The van der Waals surface area contributed by atoms with Crippen LogP contribution in [0.3, 0.4) is 0 Å². The minimum atomic E-state index is 0.739. The molecule has 3 rings (SSSR count). The van der Waals surface area contributed by atoms with Gasteiger partial charge in [0, 0.05) is 32.1 Å². The number of alkyl halides is 1. The fraction of sp³-hybridized carbons (Fsp3) is 0.444. The summed E-state index contributed by atoms with van der Waals surface area (Å²) in [5.41, 5.74) is 1.44. The lowest BCUT2D eigenvalue weighted by molar-refractivity contribution is 0.259. The molecule has 0 bridgehead atoms. The largest absolute Gasteiger partial charge is 0.301 e. The maximum atomic E-state index is 5.86. The van der Waals surface area contributed by atoms with Gasteiger partial charge in [-0.1, -0.05) is 42.5 Å². The topological polar surface area (TPSA) is 6.48 Å². The van der Waals surface area contributed by atoms with Crippen molar-refractivity contribution >= 4 is 22.4 Å². The van der Waals surface area contributed by atoms with Gasteiger partial charge in [-0.25, -0.2) is 0 Å². The van der Waals surface area contributed by atoms with Crippen molar-refractivity contribution in [2.45, 2.75) is 13.0 Å². The standard InChI is InChI=1S/C18H23ClN2/c19-9-12-20-10-4-11-21(14-13-20)15-17-7-3-6-16-5-1-2-8-18(16)17/h1-3,5-8H,4,9-15H2. The second kappa shape index (κ2) is 7.26. The van der Waals surface area contributed by atoms with Gasteiger partial charge in [-0.05, 0) is 35.8 Å². The monoisotopic (exact) mass is 302 g/mol. The van der Waals surface area contributed by atoms with Crippen molar-refractivity contribution in [3.05, 3.63) is 48.0 Å². The van der Waals surface area contributed by atoms with Crippen LogP contribution in [0, 0.1) is 0 Å². The van der Waals surface area contributed by atoms with E-state index < -0.39 is 0 Å². The van der Waals surface area contributed by atoms with Gasteiger partial charge in [0.15, 0.2) is 0 Å². The Hall–Kier alpha value is -1.09. The molecule has 2 nitrogen and oxygen atoms in total. The van der Waals surface area contributed by atoms with Crippen LogP contribution in [-0.2, 0) is 6.54 Å². The van der Waals surface area contributed by atoms with Gasteiger partial charge in [0.05, 0.1) is 0 Å². The Kier molecular flexibility index (Phi) is 5.13. The van der Waals surface area contributed by atoms with Gasteiger partial charge in [-0.3, -0.25) is 4.90 Å². The van der Waals surface area contributed by atoms with E-state index in [1.54, 1.807) is 0 Å². The lowest BCUT2D eigenvalue weighted by atomic mass is 10.0. The molecule has 3 heteroatoms. The van der Waals surface area contributed by atoms with Gasteiger partial charge < -0.3 is 4.90 Å². The second-order valence-corrected chi connectivity index (χ2v) is 6.18. The predicted octanol–water partition coefficient (Wildman–Crippen LogP) is 3.59. The zero-order chi connectivity index (χ0) is 14.5. The SMILES string of the molecule is ClCCN1CCCN(Cc2cccc3ccccc23)CC1. The number of fused-ring (bicyclic) bond motifs is 1. The molecule has 2 aromatic carbocycles. The van der Waals surface area contributed by atoms with E-state index in [4.69, 9.17) is 11.6 Å². The maximum absolute atomic E-state index is 5.86. The summed E-state index contributed by atoms with van der Waals surface area (Å²) in [6.07, 6.45) is 1.24. The third-order valence-corrected chi connectivity index (χ3v) is 4.52. The molecule has 1 heterocycles. The quantitative estimate of drug-likeness (QED) is 0.797. The number of nitrogens with zero attached hydrogens (tertiary/aromatic N) is 2. The van der Waals surface area contributed by atoms with Gasteiger partial charge in [-0.15, -0.1) is 11.6 Å². The zero-order valence-corrected chi connectivity index (χ0v) is 13.2. The van der Waals surface area contributed by atoms with Crippen LogP contribution in [0.4, 0.5) is 0 Å². The molecule has 112 valence electrons. The van der Waals surface area contributed by atoms with Crippen LogP contribution in [0.5, 0.6) is 0 Å². The highest BCUT2D eigenvalue weighted by atomic mass is 35.5. The summed E-state index contributed by atoms with van der Waals surface area (Å²) >= 11 is 5.86. The molecule has 2 aromatic rings. The highest BCUT2D eigenvalue weighted by Crippen LogP contribution is 2.20. The summed E-state index contributed by atoms with van der Waals surface area (Å²) in [5.74, 6) is 0.739. The van der Waals surface area contributed by atoms with Crippen LogP contribution in [0.25, 0.3) is 10.8 Å². The second-order valence-electron chi connectivity index (χ2n) is 5.80. The van der Waals surface area contributed by atoms with E-state index in [2.05, 4.69) is 52.3 Å². The molecule has 0 N–H and O–H groups in total. The van der Waals surface area contributed by atoms with Crippen molar-refractivity contribution in [2.75, 3.05) is 38.6 Å². The molecule has 0 amide bonds. The van der Waals surface area contributed by atoms with E-state index in [1.165, 1.54) is 35.8 Å². The lowest BCUT2D eigenvalue weighted by Gasteiger charge is -2.22. The number of rotatable bonds is 4. The molecular formula is C18H23ClN2. The van der Waals surface area contributed by atoms with E-state index in [9.17, 15) is 0 Å². The third-order valence-electron chi connectivity index (χ3n) is 4.36. The highest BCUT2D eigenvalue weighted by Gasteiger charge is 2.15. The number of halogens is 1. The normalized spacial score (nSPS) is 18.0. The minimum Gasteiger partial charge on any atom is -0.301 e. The van der Waals surface area contributed by atoms with Gasteiger partial charge in [0.1, 0.15) is 0 Å². The highest BCUT2D eigenvalue weighted by molar-refractivity contribution is 6.18. The fourth-order valence-electron chi connectivity index (χ4n) is 3.20. The third kappa shape index (κ3) is 3.76. The summed E-state index contributed by atoms with van der Waals surface area (Å²) in [7, 11) is 0. The Balaban J connectivity index is 1.70. The first-order chi connectivity index (χ1) is 10.4. The first-order valence-electron chi connectivity index (χ1n) is 7.84. The van der Waals surface area contributed by atoms with Crippen LogP contribution in [0.15, 0.2) is 42.5 Å². The number of hydrogen-bond acceptors (Lipinski definition) is 2. The fourth-order valence-corrected chi connectivity index (χ4v) is 3.44. The van der Waals surface area contributed by atoms with Crippen molar-refractivity contribution in [1.29, 1.82) is 0 Å². The van der Waals surface area contributed by atoms with Gasteiger partial charge >= 0.3 is 0 Å². The average molecular weight is 303 g/mol. The molecule has 0 radical (unpaired) electrons. The van der Waals surface area contributed by atoms with Crippen molar-refractivity contribution in [2.24, 2.45) is 0 Å². The number of benzene rings is 2. The van der Waals surface area contributed by atoms with Crippen molar-refractivity contribution in [1.82, 2.24) is 9.80 Å². The predicted molar refractivity (Wildman–Crippen MR) is 91.0 cm³/mol. The maximum Gasteiger partial charge on any atom is 0.0351 e. The van der Waals surface area contributed by atoms with E-state index in [-0.39, 0.29) is 0 Å². The molecule has 0 aliphatic carbocycles. The summed E-state index contributed by atoms with van der Waals surface area (Å²) in [6.45, 7) is 6.71. The van der Waals surface area contributed by atoms with Crippen LogP contribution >= 0.6 is 11.6 Å². The van der Waals surface area contributed by atoms with Gasteiger partial charge in [0.25, 0.3) is 0 Å². The molecule has 1 saturated heterocycles. The smallest absolute Gasteiger partial charge is 0.0351 e. The van der Waals surface area contributed by atoms with E-state index in [0.717, 1.165) is 32.1 Å².